The van der Waals surface area contributed by atoms with E-state index in [1.807, 2.05) is 6.07 Å². The van der Waals surface area contributed by atoms with E-state index in [-0.39, 0.29) is 0 Å². The van der Waals surface area contributed by atoms with Gasteiger partial charge in [-0.1, -0.05) is 36.9 Å². The molecule has 88 valence electrons. The van der Waals surface area contributed by atoms with Crippen molar-refractivity contribution >= 4 is 11.6 Å². The summed E-state index contributed by atoms with van der Waals surface area (Å²) >= 11 is 5.88. The van der Waals surface area contributed by atoms with E-state index in [1.54, 1.807) is 19.2 Å². The van der Waals surface area contributed by atoms with Gasteiger partial charge in [-0.05, 0) is 24.5 Å². The van der Waals surface area contributed by atoms with E-state index in [9.17, 15) is 5.11 Å². The van der Waals surface area contributed by atoms with Gasteiger partial charge in [0.2, 0.25) is 0 Å². The number of hydrogen-bond donors (Lipinski definition) is 1. The lowest BCUT2D eigenvalue weighted by atomic mass is 9.80. The van der Waals surface area contributed by atoms with Crippen molar-refractivity contribution in [3.63, 3.8) is 0 Å². The number of aliphatic hydroxyl groups excluding tert-OH is 1. The van der Waals surface area contributed by atoms with Crippen LogP contribution in [0.3, 0.4) is 0 Å². The molecule has 1 aliphatic rings. The summed E-state index contributed by atoms with van der Waals surface area (Å²) in [5.41, 5.74) is 0.846. The maximum Gasteiger partial charge on any atom is 0.126 e. The first-order valence-corrected chi connectivity index (χ1v) is 6.10. The first-order valence-electron chi connectivity index (χ1n) is 5.72. The minimum atomic E-state index is -0.433. The minimum absolute atomic E-state index is 0.433. The van der Waals surface area contributed by atoms with E-state index < -0.39 is 6.10 Å². The third-order valence-corrected chi connectivity index (χ3v) is 3.57. The van der Waals surface area contributed by atoms with Gasteiger partial charge in [-0.25, -0.2) is 0 Å². The van der Waals surface area contributed by atoms with Gasteiger partial charge in [0, 0.05) is 10.6 Å². The summed E-state index contributed by atoms with van der Waals surface area (Å²) in [7, 11) is 1.60. The number of rotatable bonds is 4. The molecule has 0 spiro atoms. The Hall–Kier alpha value is -0.730. The largest absolute Gasteiger partial charge is 0.496 e. The van der Waals surface area contributed by atoms with Gasteiger partial charge in [-0.15, -0.1) is 0 Å². The van der Waals surface area contributed by atoms with E-state index in [4.69, 9.17) is 16.3 Å². The van der Waals surface area contributed by atoms with Crippen molar-refractivity contribution in [3.8, 4) is 5.75 Å². The van der Waals surface area contributed by atoms with Crippen LogP contribution in [-0.4, -0.2) is 12.2 Å². The van der Waals surface area contributed by atoms with Crippen LogP contribution < -0.4 is 4.74 Å². The van der Waals surface area contributed by atoms with Crippen molar-refractivity contribution in [3.05, 3.63) is 28.8 Å². The van der Waals surface area contributed by atoms with Gasteiger partial charge in [-0.3, -0.25) is 0 Å². The topological polar surface area (TPSA) is 29.5 Å². The van der Waals surface area contributed by atoms with Crippen LogP contribution in [0.1, 0.15) is 37.4 Å². The first kappa shape index (κ1) is 11.7. The summed E-state index contributed by atoms with van der Waals surface area (Å²) in [6.45, 7) is 0. The fourth-order valence-corrected chi connectivity index (χ4v) is 2.29. The van der Waals surface area contributed by atoms with Gasteiger partial charge in [0.1, 0.15) is 5.75 Å². The van der Waals surface area contributed by atoms with Crippen LogP contribution in [0.25, 0.3) is 0 Å². The van der Waals surface area contributed by atoms with Gasteiger partial charge in [0.25, 0.3) is 0 Å². The lowest BCUT2D eigenvalue weighted by molar-refractivity contribution is 0.116. The zero-order chi connectivity index (χ0) is 11.5. The Kier molecular flexibility index (Phi) is 3.72. The third-order valence-electron chi connectivity index (χ3n) is 3.34. The molecule has 1 aliphatic carbocycles. The molecule has 3 heteroatoms. The molecule has 0 amide bonds. The van der Waals surface area contributed by atoms with Gasteiger partial charge < -0.3 is 9.84 Å². The highest BCUT2D eigenvalue weighted by molar-refractivity contribution is 6.30. The van der Waals surface area contributed by atoms with E-state index in [2.05, 4.69) is 0 Å². The highest BCUT2D eigenvalue weighted by Gasteiger charge is 2.23. The van der Waals surface area contributed by atoms with Crippen molar-refractivity contribution in [2.24, 2.45) is 5.92 Å². The van der Waals surface area contributed by atoms with Crippen LogP contribution in [0.5, 0.6) is 5.75 Å². The molecule has 0 heterocycles. The molecule has 1 aromatic carbocycles. The predicted octanol–water partition coefficient (Wildman–Crippen LogP) is 3.57. The Morgan fingerprint density at radius 2 is 2.25 bits per heavy atom. The Bertz CT molecular complexity index is 361. The maximum absolute atomic E-state index is 10.1. The molecule has 0 aliphatic heterocycles. The second-order valence-electron chi connectivity index (χ2n) is 4.43. The van der Waals surface area contributed by atoms with Gasteiger partial charge >= 0.3 is 0 Å². The van der Waals surface area contributed by atoms with Crippen molar-refractivity contribution in [2.45, 2.75) is 31.8 Å². The fourth-order valence-electron chi connectivity index (χ4n) is 2.13. The number of hydrogen-bond acceptors (Lipinski definition) is 2. The molecule has 1 fully saturated rings. The Morgan fingerprint density at radius 3 is 2.81 bits per heavy atom. The van der Waals surface area contributed by atoms with Crippen LogP contribution in [0.15, 0.2) is 18.2 Å². The predicted molar refractivity (Wildman–Crippen MR) is 64.9 cm³/mol. The summed E-state index contributed by atoms with van der Waals surface area (Å²) < 4.78 is 5.24. The second kappa shape index (κ2) is 5.07. The molecule has 1 aromatic rings. The molecule has 2 nitrogen and oxygen atoms in total. The highest BCUT2D eigenvalue weighted by atomic mass is 35.5. The Morgan fingerprint density at radius 1 is 1.50 bits per heavy atom. The zero-order valence-corrected chi connectivity index (χ0v) is 10.2. The molecule has 0 aromatic heterocycles. The number of ether oxygens (including phenoxy) is 1. The second-order valence-corrected chi connectivity index (χ2v) is 4.87. The van der Waals surface area contributed by atoms with Crippen molar-refractivity contribution < 1.29 is 9.84 Å². The summed E-state index contributed by atoms with van der Waals surface area (Å²) in [5.74, 6) is 1.36. The molecule has 16 heavy (non-hydrogen) atoms. The highest BCUT2D eigenvalue weighted by Crippen LogP contribution is 2.37. The van der Waals surface area contributed by atoms with Crippen LogP contribution in [0, 0.1) is 5.92 Å². The Labute approximate surface area is 101 Å². The minimum Gasteiger partial charge on any atom is -0.496 e. The molecule has 0 saturated heterocycles. The van der Waals surface area contributed by atoms with Gasteiger partial charge in [0.15, 0.2) is 0 Å². The van der Waals surface area contributed by atoms with E-state index in [1.165, 1.54) is 19.3 Å². The van der Waals surface area contributed by atoms with Crippen molar-refractivity contribution in [1.82, 2.24) is 0 Å². The van der Waals surface area contributed by atoms with Crippen LogP contribution in [-0.2, 0) is 0 Å². The van der Waals surface area contributed by atoms with E-state index in [0.717, 1.165) is 12.0 Å². The quantitative estimate of drug-likeness (QED) is 0.872. The molecular weight excluding hydrogens is 224 g/mol. The average molecular weight is 241 g/mol. The zero-order valence-electron chi connectivity index (χ0n) is 9.45. The van der Waals surface area contributed by atoms with Gasteiger partial charge in [0.05, 0.1) is 13.2 Å². The van der Waals surface area contributed by atoms with E-state index in [0.29, 0.717) is 16.7 Å². The third kappa shape index (κ3) is 2.50. The number of aliphatic hydroxyl groups is 1. The molecule has 2 rings (SSSR count). The van der Waals surface area contributed by atoms with Crippen molar-refractivity contribution in [2.75, 3.05) is 7.11 Å². The molecule has 1 saturated carbocycles. The number of halogens is 1. The Balaban J connectivity index is 2.11. The molecule has 1 atom stereocenters. The smallest absolute Gasteiger partial charge is 0.126 e. The summed E-state index contributed by atoms with van der Waals surface area (Å²) in [6.07, 6.45) is 4.19. The molecular formula is C13H17ClO2. The summed E-state index contributed by atoms with van der Waals surface area (Å²) in [5, 5.41) is 10.8. The monoisotopic (exact) mass is 240 g/mol. The van der Waals surface area contributed by atoms with Crippen molar-refractivity contribution in [1.29, 1.82) is 0 Å². The maximum atomic E-state index is 10.1. The standard InChI is InChI=1S/C13H17ClO2/c1-16-13-8-10(14)5-6-11(13)12(15)7-9-3-2-4-9/h5-6,8-9,12,15H,2-4,7H2,1H3. The lowest BCUT2D eigenvalue weighted by Gasteiger charge is -2.28. The van der Waals surface area contributed by atoms with Crippen LogP contribution in [0.2, 0.25) is 5.02 Å². The lowest BCUT2D eigenvalue weighted by Crippen LogP contribution is -2.15. The first-order chi connectivity index (χ1) is 7.70. The van der Waals surface area contributed by atoms with Crippen LogP contribution in [0.4, 0.5) is 0 Å². The normalized spacial score (nSPS) is 17.9. The molecule has 1 N–H and O–H groups in total. The number of benzene rings is 1. The van der Waals surface area contributed by atoms with Crippen LogP contribution >= 0.6 is 11.6 Å². The molecule has 0 bridgehead atoms. The fraction of sp³-hybridized carbons (Fsp3) is 0.538. The SMILES string of the molecule is COc1cc(Cl)ccc1C(O)CC1CCC1. The van der Waals surface area contributed by atoms with E-state index >= 15 is 0 Å². The number of methoxy groups -OCH3 is 1. The van der Waals surface area contributed by atoms with Gasteiger partial charge in [-0.2, -0.15) is 0 Å². The summed E-state index contributed by atoms with van der Waals surface area (Å²) in [6, 6.07) is 5.40. The summed E-state index contributed by atoms with van der Waals surface area (Å²) in [4.78, 5) is 0. The molecule has 1 unspecified atom stereocenters. The molecule has 0 radical (unpaired) electrons. The average Bonchev–Trinajstić information content (AvgIpc) is 2.23.